The molecular formula is C14H27NO3. The molecule has 0 atom stereocenters. The van der Waals surface area contributed by atoms with Gasteiger partial charge in [0.2, 0.25) is 5.91 Å². The van der Waals surface area contributed by atoms with Gasteiger partial charge in [-0.1, -0.05) is 26.7 Å². The highest BCUT2D eigenvalue weighted by atomic mass is 16.5. The number of rotatable bonds is 8. The molecule has 0 spiro atoms. The SMILES string of the molecule is COCCN(CC(C)C)C(=O)COC1CCCC1. The Morgan fingerprint density at radius 3 is 2.56 bits per heavy atom. The van der Waals surface area contributed by atoms with E-state index in [0.717, 1.165) is 19.4 Å². The van der Waals surface area contributed by atoms with E-state index in [1.165, 1.54) is 12.8 Å². The zero-order valence-electron chi connectivity index (χ0n) is 12.0. The van der Waals surface area contributed by atoms with E-state index in [1.54, 1.807) is 7.11 Å². The van der Waals surface area contributed by atoms with Gasteiger partial charge < -0.3 is 14.4 Å². The maximum atomic E-state index is 12.1. The Bertz CT molecular complexity index is 237. The molecule has 1 aliphatic rings. The summed E-state index contributed by atoms with van der Waals surface area (Å²) in [6.07, 6.45) is 4.99. The van der Waals surface area contributed by atoms with Crippen LogP contribution >= 0.6 is 0 Å². The molecule has 1 aliphatic carbocycles. The third-order valence-electron chi connectivity index (χ3n) is 3.25. The van der Waals surface area contributed by atoms with Gasteiger partial charge >= 0.3 is 0 Å². The van der Waals surface area contributed by atoms with Crippen molar-refractivity contribution in [2.45, 2.75) is 45.6 Å². The van der Waals surface area contributed by atoms with Crippen molar-refractivity contribution in [3.8, 4) is 0 Å². The standard InChI is InChI=1S/C14H27NO3/c1-12(2)10-15(8-9-17-3)14(16)11-18-13-6-4-5-7-13/h12-13H,4-11H2,1-3H3. The molecule has 0 N–H and O–H groups in total. The highest BCUT2D eigenvalue weighted by Gasteiger charge is 2.19. The first-order chi connectivity index (χ1) is 8.63. The van der Waals surface area contributed by atoms with Gasteiger partial charge in [-0.3, -0.25) is 4.79 Å². The Labute approximate surface area is 111 Å². The number of nitrogens with zero attached hydrogens (tertiary/aromatic N) is 1. The predicted molar refractivity (Wildman–Crippen MR) is 71.5 cm³/mol. The summed E-state index contributed by atoms with van der Waals surface area (Å²) >= 11 is 0. The normalized spacial score (nSPS) is 16.4. The number of hydrogen-bond acceptors (Lipinski definition) is 3. The van der Waals surface area contributed by atoms with E-state index in [1.807, 2.05) is 4.90 Å². The number of amides is 1. The molecule has 106 valence electrons. The van der Waals surface area contributed by atoms with Gasteiger partial charge in [0.05, 0.1) is 12.7 Å². The molecule has 0 bridgehead atoms. The van der Waals surface area contributed by atoms with Crippen LogP contribution in [0.15, 0.2) is 0 Å². The third kappa shape index (κ3) is 5.83. The van der Waals surface area contributed by atoms with Gasteiger partial charge in [0.15, 0.2) is 0 Å². The van der Waals surface area contributed by atoms with Crippen LogP contribution in [0.3, 0.4) is 0 Å². The number of hydrogen-bond donors (Lipinski definition) is 0. The fraction of sp³-hybridized carbons (Fsp3) is 0.929. The van der Waals surface area contributed by atoms with E-state index in [4.69, 9.17) is 9.47 Å². The van der Waals surface area contributed by atoms with E-state index in [-0.39, 0.29) is 12.5 Å². The van der Waals surface area contributed by atoms with Crippen LogP contribution in [0.1, 0.15) is 39.5 Å². The molecule has 4 heteroatoms. The van der Waals surface area contributed by atoms with Crippen LogP contribution in [-0.2, 0) is 14.3 Å². The van der Waals surface area contributed by atoms with Crippen molar-refractivity contribution in [2.75, 3.05) is 33.4 Å². The summed E-state index contributed by atoms with van der Waals surface area (Å²) in [5.74, 6) is 0.560. The van der Waals surface area contributed by atoms with Gasteiger partial charge in [0.25, 0.3) is 0 Å². The molecule has 4 nitrogen and oxygen atoms in total. The monoisotopic (exact) mass is 257 g/mol. The van der Waals surface area contributed by atoms with Crippen LogP contribution < -0.4 is 0 Å². The van der Waals surface area contributed by atoms with Crippen molar-refractivity contribution in [1.82, 2.24) is 4.90 Å². The Hall–Kier alpha value is -0.610. The Balaban J connectivity index is 2.31. The molecule has 0 aliphatic heterocycles. The Kier molecular flexibility index (Phi) is 7.28. The number of carbonyl (C=O) groups excluding carboxylic acids is 1. The Morgan fingerprint density at radius 2 is 2.00 bits per heavy atom. The highest BCUT2D eigenvalue weighted by Crippen LogP contribution is 2.20. The fourth-order valence-electron chi connectivity index (χ4n) is 2.30. The molecule has 0 unspecified atom stereocenters. The molecule has 0 aromatic heterocycles. The summed E-state index contributed by atoms with van der Waals surface area (Å²) in [5.41, 5.74) is 0. The van der Waals surface area contributed by atoms with E-state index in [0.29, 0.717) is 25.2 Å². The molecule has 0 aromatic carbocycles. The minimum absolute atomic E-state index is 0.0904. The molecule has 1 saturated carbocycles. The average Bonchev–Trinajstić information content (AvgIpc) is 2.84. The first kappa shape index (κ1) is 15.4. The quantitative estimate of drug-likeness (QED) is 0.668. The summed E-state index contributed by atoms with van der Waals surface area (Å²) in [6.45, 7) is 6.47. The van der Waals surface area contributed by atoms with Gasteiger partial charge in [-0.25, -0.2) is 0 Å². The van der Waals surface area contributed by atoms with Crippen molar-refractivity contribution in [1.29, 1.82) is 0 Å². The van der Waals surface area contributed by atoms with E-state index < -0.39 is 0 Å². The molecular weight excluding hydrogens is 230 g/mol. The molecule has 1 rings (SSSR count). The van der Waals surface area contributed by atoms with Gasteiger partial charge in [-0.2, -0.15) is 0 Å². The minimum atomic E-state index is 0.0904. The van der Waals surface area contributed by atoms with Crippen molar-refractivity contribution >= 4 is 5.91 Å². The van der Waals surface area contributed by atoms with E-state index in [2.05, 4.69) is 13.8 Å². The second-order valence-corrected chi connectivity index (χ2v) is 5.44. The van der Waals surface area contributed by atoms with Crippen molar-refractivity contribution in [3.63, 3.8) is 0 Å². The van der Waals surface area contributed by atoms with Gasteiger partial charge in [-0.05, 0) is 18.8 Å². The maximum Gasteiger partial charge on any atom is 0.248 e. The lowest BCUT2D eigenvalue weighted by atomic mass is 10.2. The summed E-state index contributed by atoms with van der Waals surface area (Å²) in [5, 5.41) is 0. The van der Waals surface area contributed by atoms with Crippen LogP contribution in [-0.4, -0.2) is 50.3 Å². The molecule has 1 amide bonds. The molecule has 1 fully saturated rings. The summed E-state index contributed by atoms with van der Waals surface area (Å²) in [7, 11) is 1.66. The summed E-state index contributed by atoms with van der Waals surface area (Å²) < 4.78 is 10.7. The first-order valence-corrected chi connectivity index (χ1v) is 7.01. The molecule has 18 heavy (non-hydrogen) atoms. The van der Waals surface area contributed by atoms with Gasteiger partial charge in [-0.15, -0.1) is 0 Å². The molecule has 0 heterocycles. The Morgan fingerprint density at radius 1 is 1.33 bits per heavy atom. The van der Waals surface area contributed by atoms with Crippen molar-refractivity contribution < 1.29 is 14.3 Å². The maximum absolute atomic E-state index is 12.1. The lowest BCUT2D eigenvalue weighted by molar-refractivity contribution is -0.139. The van der Waals surface area contributed by atoms with Crippen LogP contribution in [0.25, 0.3) is 0 Å². The number of methoxy groups -OCH3 is 1. The predicted octanol–water partition coefficient (Wildman–Crippen LogP) is 2.08. The van der Waals surface area contributed by atoms with Crippen LogP contribution in [0.5, 0.6) is 0 Å². The second kappa shape index (κ2) is 8.48. The molecule has 0 saturated heterocycles. The summed E-state index contributed by atoms with van der Waals surface area (Å²) in [6, 6.07) is 0. The van der Waals surface area contributed by atoms with Crippen LogP contribution in [0, 0.1) is 5.92 Å². The van der Waals surface area contributed by atoms with Crippen molar-refractivity contribution in [3.05, 3.63) is 0 Å². The van der Waals surface area contributed by atoms with Crippen LogP contribution in [0.4, 0.5) is 0 Å². The molecule has 0 radical (unpaired) electrons. The zero-order chi connectivity index (χ0) is 13.4. The van der Waals surface area contributed by atoms with Crippen molar-refractivity contribution in [2.24, 2.45) is 5.92 Å². The van der Waals surface area contributed by atoms with Crippen LogP contribution in [0.2, 0.25) is 0 Å². The summed E-state index contributed by atoms with van der Waals surface area (Å²) in [4.78, 5) is 13.9. The van der Waals surface area contributed by atoms with E-state index >= 15 is 0 Å². The topological polar surface area (TPSA) is 38.8 Å². The van der Waals surface area contributed by atoms with Gasteiger partial charge in [0.1, 0.15) is 6.61 Å². The minimum Gasteiger partial charge on any atom is -0.383 e. The average molecular weight is 257 g/mol. The highest BCUT2D eigenvalue weighted by molar-refractivity contribution is 5.77. The lowest BCUT2D eigenvalue weighted by Crippen LogP contribution is -2.39. The smallest absolute Gasteiger partial charge is 0.248 e. The molecule has 0 aromatic rings. The largest absolute Gasteiger partial charge is 0.383 e. The zero-order valence-corrected chi connectivity index (χ0v) is 12.0. The first-order valence-electron chi connectivity index (χ1n) is 7.01. The fourth-order valence-corrected chi connectivity index (χ4v) is 2.30. The third-order valence-corrected chi connectivity index (χ3v) is 3.25. The second-order valence-electron chi connectivity index (χ2n) is 5.44. The van der Waals surface area contributed by atoms with E-state index in [9.17, 15) is 4.79 Å². The lowest BCUT2D eigenvalue weighted by Gasteiger charge is -2.25. The van der Waals surface area contributed by atoms with Gasteiger partial charge in [0, 0.05) is 20.2 Å². The number of carbonyl (C=O) groups is 1. The number of ether oxygens (including phenoxy) is 2.